The van der Waals surface area contributed by atoms with Crippen LogP contribution in [0.25, 0.3) is 0 Å². The summed E-state index contributed by atoms with van der Waals surface area (Å²) < 4.78 is 5.31. The summed E-state index contributed by atoms with van der Waals surface area (Å²) in [5, 5.41) is 2.05. The monoisotopic (exact) mass is 255 g/mol. The van der Waals surface area contributed by atoms with E-state index in [1.165, 1.54) is 4.88 Å². The predicted molar refractivity (Wildman–Crippen MR) is 71.1 cm³/mol. The molecule has 0 saturated carbocycles. The molecule has 0 aromatic carbocycles. The fraction of sp³-hybridized carbons (Fsp3) is 0.615. The van der Waals surface area contributed by atoms with E-state index >= 15 is 0 Å². The summed E-state index contributed by atoms with van der Waals surface area (Å²) in [5.74, 6) is -0.157. The SMILES string of the molecule is CCN(CC(=O)OC(C)(C)C)Cc1cccs1. The van der Waals surface area contributed by atoms with E-state index in [9.17, 15) is 4.79 Å². The van der Waals surface area contributed by atoms with E-state index in [1.54, 1.807) is 11.3 Å². The summed E-state index contributed by atoms with van der Waals surface area (Å²) in [6.07, 6.45) is 0. The highest BCUT2D eigenvalue weighted by molar-refractivity contribution is 7.09. The molecule has 0 spiro atoms. The van der Waals surface area contributed by atoms with Crippen molar-refractivity contribution in [2.45, 2.75) is 39.8 Å². The molecule has 0 aliphatic carbocycles. The van der Waals surface area contributed by atoms with Gasteiger partial charge in [0, 0.05) is 11.4 Å². The van der Waals surface area contributed by atoms with E-state index in [2.05, 4.69) is 23.3 Å². The normalized spacial score (nSPS) is 11.8. The molecular weight excluding hydrogens is 234 g/mol. The van der Waals surface area contributed by atoms with Crippen molar-refractivity contribution < 1.29 is 9.53 Å². The molecule has 1 rings (SSSR count). The molecule has 0 saturated heterocycles. The Labute approximate surface area is 107 Å². The minimum Gasteiger partial charge on any atom is -0.459 e. The van der Waals surface area contributed by atoms with E-state index in [-0.39, 0.29) is 5.97 Å². The molecule has 3 nitrogen and oxygen atoms in total. The smallest absolute Gasteiger partial charge is 0.320 e. The van der Waals surface area contributed by atoms with Crippen molar-refractivity contribution in [3.05, 3.63) is 22.4 Å². The van der Waals surface area contributed by atoms with Gasteiger partial charge in [-0.3, -0.25) is 9.69 Å². The lowest BCUT2D eigenvalue weighted by molar-refractivity contribution is -0.156. The zero-order valence-corrected chi connectivity index (χ0v) is 11.8. The summed E-state index contributed by atoms with van der Waals surface area (Å²) in [7, 11) is 0. The van der Waals surface area contributed by atoms with E-state index in [1.807, 2.05) is 26.8 Å². The molecule has 0 atom stereocenters. The fourth-order valence-corrected chi connectivity index (χ4v) is 2.20. The van der Waals surface area contributed by atoms with E-state index in [0.717, 1.165) is 13.1 Å². The van der Waals surface area contributed by atoms with Gasteiger partial charge in [0.15, 0.2) is 0 Å². The number of esters is 1. The van der Waals surface area contributed by atoms with Gasteiger partial charge in [0.2, 0.25) is 0 Å². The summed E-state index contributed by atoms with van der Waals surface area (Å²) >= 11 is 1.71. The summed E-state index contributed by atoms with van der Waals surface area (Å²) in [6.45, 7) is 9.73. The van der Waals surface area contributed by atoms with Crippen LogP contribution in [0.1, 0.15) is 32.6 Å². The van der Waals surface area contributed by atoms with Crippen LogP contribution in [0.5, 0.6) is 0 Å². The van der Waals surface area contributed by atoms with Crippen molar-refractivity contribution in [3.63, 3.8) is 0 Å². The van der Waals surface area contributed by atoms with Crippen LogP contribution in [-0.4, -0.2) is 29.6 Å². The number of thiophene rings is 1. The second-order valence-electron chi connectivity index (χ2n) is 4.97. The Morgan fingerprint density at radius 2 is 2.18 bits per heavy atom. The maximum Gasteiger partial charge on any atom is 0.320 e. The Morgan fingerprint density at radius 1 is 1.47 bits per heavy atom. The van der Waals surface area contributed by atoms with Crippen molar-refractivity contribution in [2.24, 2.45) is 0 Å². The van der Waals surface area contributed by atoms with Crippen molar-refractivity contribution in [2.75, 3.05) is 13.1 Å². The van der Waals surface area contributed by atoms with Crippen LogP contribution in [0.2, 0.25) is 0 Å². The molecule has 4 heteroatoms. The highest BCUT2D eigenvalue weighted by Crippen LogP contribution is 2.12. The maximum atomic E-state index is 11.7. The number of hydrogen-bond donors (Lipinski definition) is 0. The van der Waals surface area contributed by atoms with Crippen molar-refractivity contribution in [3.8, 4) is 0 Å². The first kappa shape index (κ1) is 14.2. The van der Waals surface area contributed by atoms with Crippen molar-refractivity contribution in [1.82, 2.24) is 4.90 Å². The van der Waals surface area contributed by atoms with Crippen LogP contribution in [0.15, 0.2) is 17.5 Å². The van der Waals surface area contributed by atoms with Gasteiger partial charge in [-0.25, -0.2) is 0 Å². The summed E-state index contributed by atoms with van der Waals surface area (Å²) in [4.78, 5) is 15.1. The number of ether oxygens (including phenoxy) is 1. The van der Waals surface area contributed by atoms with Crippen LogP contribution in [0.3, 0.4) is 0 Å². The second-order valence-corrected chi connectivity index (χ2v) is 6.00. The van der Waals surface area contributed by atoms with Crippen LogP contribution >= 0.6 is 11.3 Å². The van der Waals surface area contributed by atoms with Crippen molar-refractivity contribution in [1.29, 1.82) is 0 Å². The van der Waals surface area contributed by atoms with Gasteiger partial charge in [-0.1, -0.05) is 13.0 Å². The number of hydrogen-bond acceptors (Lipinski definition) is 4. The third-order valence-electron chi connectivity index (χ3n) is 2.18. The lowest BCUT2D eigenvalue weighted by atomic mass is 10.2. The molecule has 96 valence electrons. The molecule has 0 N–H and O–H groups in total. The number of likely N-dealkylation sites (N-methyl/N-ethyl adjacent to an activating group) is 1. The summed E-state index contributed by atoms with van der Waals surface area (Å²) in [6, 6.07) is 4.11. The molecule has 0 bridgehead atoms. The number of nitrogens with zero attached hydrogens (tertiary/aromatic N) is 1. The Bertz CT molecular complexity index is 341. The molecule has 0 amide bonds. The molecule has 0 fully saturated rings. The minimum absolute atomic E-state index is 0.157. The van der Waals surface area contributed by atoms with Gasteiger partial charge in [-0.2, -0.15) is 0 Å². The Kier molecular flexibility index (Phi) is 5.15. The Morgan fingerprint density at radius 3 is 2.65 bits per heavy atom. The maximum absolute atomic E-state index is 11.7. The molecule has 1 aromatic heterocycles. The third-order valence-corrected chi connectivity index (χ3v) is 3.04. The molecule has 0 aliphatic rings. The molecule has 1 aromatic rings. The highest BCUT2D eigenvalue weighted by Gasteiger charge is 2.18. The first-order valence-electron chi connectivity index (χ1n) is 5.87. The first-order chi connectivity index (χ1) is 7.90. The van der Waals surface area contributed by atoms with Crippen LogP contribution in [0, 0.1) is 0 Å². The molecule has 1 heterocycles. The van der Waals surface area contributed by atoms with E-state index in [4.69, 9.17) is 4.74 Å². The average molecular weight is 255 g/mol. The number of carbonyl (C=O) groups is 1. The van der Waals surface area contributed by atoms with Crippen LogP contribution in [-0.2, 0) is 16.1 Å². The molecule has 0 aliphatic heterocycles. The third kappa shape index (κ3) is 5.84. The zero-order valence-electron chi connectivity index (χ0n) is 11.0. The van der Waals surface area contributed by atoms with E-state index < -0.39 is 5.60 Å². The van der Waals surface area contributed by atoms with Gasteiger partial charge in [0.05, 0.1) is 6.54 Å². The Balaban J connectivity index is 2.44. The number of rotatable bonds is 5. The standard InChI is InChI=1S/C13H21NO2S/c1-5-14(9-11-7-6-8-17-11)10-12(15)16-13(2,3)4/h6-8H,5,9-10H2,1-4H3. The molecule has 0 unspecified atom stereocenters. The molecular formula is C13H21NO2S. The van der Waals surface area contributed by atoms with E-state index in [0.29, 0.717) is 6.54 Å². The lowest BCUT2D eigenvalue weighted by Crippen LogP contribution is -2.34. The largest absolute Gasteiger partial charge is 0.459 e. The van der Waals surface area contributed by atoms with Gasteiger partial charge >= 0.3 is 5.97 Å². The topological polar surface area (TPSA) is 29.5 Å². The fourth-order valence-electron chi connectivity index (χ4n) is 1.46. The second kappa shape index (κ2) is 6.17. The van der Waals surface area contributed by atoms with Gasteiger partial charge in [-0.15, -0.1) is 11.3 Å². The first-order valence-corrected chi connectivity index (χ1v) is 6.75. The van der Waals surface area contributed by atoms with Gasteiger partial charge in [0.25, 0.3) is 0 Å². The predicted octanol–water partition coefficient (Wildman–Crippen LogP) is 2.91. The quantitative estimate of drug-likeness (QED) is 0.758. The van der Waals surface area contributed by atoms with Crippen molar-refractivity contribution >= 4 is 17.3 Å². The zero-order chi connectivity index (χ0) is 12.9. The number of carbonyl (C=O) groups excluding carboxylic acids is 1. The van der Waals surface area contributed by atoms with Crippen LogP contribution < -0.4 is 0 Å². The highest BCUT2D eigenvalue weighted by atomic mass is 32.1. The average Bonchev–Trinajstić information content (AvgIpc) is 2.66. The minimum atomic E-state index is -0.403. The lowest BCUT2D eigenvalue weighted by Gasteiger charge is -2.23. The molecule has 0 radical (unpaired) electrons. The van der Waals surface area contributed by atoms with Gasteiger partial charge in [-0.05, 0) is 38.8 Å². The Hall–Kier alpha value is -0.870. The summed E-state index contributed by atoms with van der Waals surface area (Å²) in [5.41, 5.74) is -0.403. The van der Waals surface area contributed by atoms with Gasteiger partial charge < -0.3 is 4.74 Å². The van der Waals surface area contributed by atoms with Crippen LogP contribution in [0.4, 0.5) is 0 Å². The molecule has 17 heavy (non-hydrogen) atoms. The van der Waals surface area contributed by atoms with Gasteiger partial charge in [0.1, 0.15) is 5.60 Å².